The third kappa shape index (κ3) is 1.73. The third-order valence-electron chi connectivity index (χ3n) is 2.47. The predicted molar refractivity (Wildman–Crippen MR) is 71.2 cm³/mol. The first kappa shape index (κ1) is 11.7. The lowest BCUT2D eigenvalue weighted by molar-refractivity contribution is 1.11. The van der Waals surface area contributed by atoms with Gasteiger partial charge in [-0.25, -0.2) is 0 Å². The lowest BCUT2D eigenvalue weighted by Crippen LogP contribution is -1.93. The molecule has 0 atom stereocenters. The molecule has 0 radical (unpaired) electrons. The molecule has 18 heavy (non-hydrogen) atoms. The van der Waals surface area contributed by atoms with Crippen molar-refractivity contribution < 1.29 is 0 Å². The van der Waals surface area contributed by atoms with E-state index in [-0.39, 0.29) is 0 Å². The van der Waals surface area contributed by atoms with Crippen molar-refractivity contribution in [1.29, 1.82) is 0 Å². The van der Waals surface area contributed by atoms with E-state index in [0.717, 1.165) is 0 Å². The van der Waals surface area contributed by atoms with Crippen LogP contribution < -0.4 is 0 Å². The molecule has 2 heterocycles. The summed E-state index contributed by atoms with van der Waals surface area (Å²) in [7, 11) is 0. The number of hydrogen-bond donors (Lipinski definition) is 0. The van der Waals surface area contributed by atoms with Crippen LogP contribution in [0.5, 0.6) is 0 Å². The standard InChI is InChI=1S/C11H5Cl3N4/c12-7-3-1-2-6(10(7)14)11-17-16-9-5-15-4-8(13)18(9)11/h1-5H. The fourth-order valence-electron chi connectivity index (χ4n) is 1.66. The summed E-state index contributed by atoms with van der Waals surface area (Å²) in [5.41, 5.74) is 1.22. The molecule has 0 amide bonds. The zero-order chi connectivity index (χ0) is 12.7. The minimum absolute atomic E-state index is 0.406. The highest BCUT2D eigenvalue weighted by molar-refractivity contribution is 6.43. The summed E-state index contributed by atoms with van der Waals surface area (Å²) in [4.78, 5) is 3.95. The normalized spacial score (nSPS) is 11.1. The van der Waals surface area contributed by atoms with Gasteiger partial charge in [0.15, 0.2) is 11.5 Å². The predicted octanol–water partition coefficient (Wildman–Crippen LogP) is 3.75. The van der Waals surface area contributed by atoms with Crippen molar-refractivity contribution in [3.8, 4) is 11.4 Å². The molecule has 90 valence electrons. The van der Waals surface area contributed by atoms with E-state index in [0.29, 0.717) is 32.2 Å². The van der Waals surface area contributed by atoms with Gasteiger partial charge in [0.25, 0.3) is 0 Å². The molecule has 0 aliphatic rings. The lowest BCUT2D eigenvalue weighted by atomic mass is 10.2. The SMILES string of the molecule is Clc1cccc(-c2nnc3cncc(Cl)n23)c1Cl. The summed E-state index contributed by atoms with van der Waals surface area (Å²) in [5.74, 6) is 0.532. The number of rotatable bonds is 1. The van der Waals surface area contributed by atoms with Gasteiger partial charge in [-0.15, -0.1) is 10.2 Å². The highest BCUT2D eigenvalue weighted by Gasteiger charge is 2.15. The van der Waals surface area contributed by atoms with E-state index in [1.54, 1.807) is 28.8 Å². The molecule has 0 aliphatic heterocycles. The Morgan fingerprint density at radius 1 is 1.00 bits per heavy atom. The number of fused-ring (bicyclic) bond motifs is 1. The van der Waals surface area contributed by atoms with Crippen LogP contribution in [-0.2, 0) is 0 Å². The molecule has 0 saturated carbocycles. The molecule has 0 aliphatic carbocycles. The van der Waals surface area contributed by atoms with E-state index < -0.39 is 0 Å². The Hall–Kier alpha value is -1.36. The Morgan fingerprint density at radius 3 is 2.67 bits per heavy atom. The number of halogens is 3. The van der Waals surface area contributed by atoms with Crippen molar-refractivity contribution in [2.75, 3.05) is 0 Å². The molecular formula is C11H5Cl3N4. The van der Waals surface area contributed by atoms with E-state index in [1.807, 2.05) is 0 Å². The van der Waals surface area contributed by atoms with Gasteiger partial charge < -0.3 is 0 Å². The average Bonchev–Trinajstić information content (AvgIpc) is 2.78. The van der Waals surface area contributed by atoms with Crippen LogP contribution in [0.1, 0.15) is 0 Å². The molecule has 0 spiro atoms. The monoisotopic (exact) mass is 298 g/mol. The molecule has 0 N–H and O–H groups in total. The van der Waals surface area contributed by atoms with Gasteiger partial charge in [0.1, 0.15) is 5.15 Å². The molecule has 3 aromatic rings. The van der Waals surface area contributed by atoms with Gasteiger partial charge >= 0.3 is 0 Å². The molecule has 4 nitrogen and oxygen atoms in total. The summed E-state index contributed by atoms with van der Waals surface area (Å²) in [6.45, 7) is 0. The number of aromatic nitrogens is 4. The van der Waals surface area contributed by atoms with Gasteiger partial charge in [0.2, 0.25) is 0 Å². The van der Waals surface area contributed by atoms with Gasteiger partial charge in [-0.1, -0.05) is 40.9 Å². The maximum absolute atomic E-state index is 6.17. The van der Waals surface area contributed by atoms with Crippen LogP contribution in [0.3, 0.4) is 0 Å². The molecule has 3 rings (SSSR count). The van der Waals surface area contributed by atoms with Crippen LogP contribution in [0.25, 0.3) is 17.0 Å². The van der Waals surface area contributed by atoms with Crippen molar-refractivity contribution >= 4 is 40.4 Å². The van der Waals surface area contributed by atoms with Crippen molar-refractivity contribution in [2.45, 2.75) is 0 Å². The fourth-order valence-corrected chi connectivity index (χ4v) is 2.27. The molecule has 0 saturated heterocycles. The Morgan fingerprint density at radius 2 is 1.83 bits per heavy atom. The maximum Gasteiger partial charge on any atom is 0.180 e. The Kier molecular flexibility index (Phi) is 2.86. The molecule has 2 aromatic heterocycles. The van der Waals surface area contributed by atoms with Crippen LogP contribution in [-0.4, -0.2) is 19.6 Å². The van der Waals surface area contributed by atoms with Gasteiger partial charge in [0.05, 0.1) is 22.4 Å². The fraction of sp³-hybridized carbons (Fsp3) is 0. The summed E-state index contributed by atoms with van der Waals surface area (Å²) in [5, 5.41) is 9.34. The van der Waals surface area contributed by atoms with E-state index >= 15 is 0 Å². The van der Waals surface area contributed by atoms with E-state index in [1.165, 1.54) is 6.20 Å². The van der Waals surface area contributed by atoms with Crippen molar-refractivity contribution in [3.05, 3.63) is 45.8 Å². The van der Waals surface area contributed by atoms with Crippen LogP contribution in [0, 0.1) is 0 Å². The van der Waals surface area contributed by atoms with Crippen LogP contribution >= 0.6 is 34.8 Å². The van der Waals surface area contributed by atoms with Gasteiger partial charge in [0, 0.05) is 5.56 Å². The highest BCUT2D eigenvalue weighted by Crippen LogP contribution is 2.33. The molecular weight excluding hydrogens is 295 g/mol. The maximum atomic E-state index is 6.17. The molecule has 0 unspecified atom stereocenters. The lowest BCUT2D eigenvalue weighted by Gasteiger charge is -2.04. The topological polar surface area (TPSA) is 43.1 Å². The van der Waals surface area contributed by atoms with E-state index in [4.69, 9.17) is 34.8 Å². The second kappa shape index (κ2) is 4.39. The second-order valence-electron chi connectivity index (χ2n) is 3.55. The zero-order valence-corrected chi connectivity index (χ0v) is 11.1. The molecule has 7 heteroatoms. The summed E-state index contributed by atoms with van der Waals surface area (Å²) in [6, 6.07) is 5.31. The van der Waals surface area contributed by atoms with Gasteiger partial charge in [-0.2, -0.15) is 0 Å². The Bertz CT molecular complexity index is 738. The van der Waals surface area contributed by atoms with E-state index in [2.05, 4.69) is 15.2 Å². The Labute approximate surface area is 117 Å². The second-order valence-corrected chi connectivity index (χ2v) is 4.72. The number of hydrogen-bond acceptors (Lipinski definition) is 3. The first-order valence-corrected chi connectivity index (χ1v) is 6.11. The van der Waals surface area contributed by atoms with Crippen molar-refractivity contribution in [1.82, 2.24) is 19.6 Å². The summed E-state index contributed by atoms with van der Waals surface area (Å²) in [6.07, 6.45) is 3.08. The van der Waals surface area contributed by atoms with Crippen molar-refractivity contribution in [2.24, 2.45) is 0 Å². The third-order valence-corrected chi connectivity index (χ3v) is 3.55. The molecule has 0 fully saturated rings. The van der Waals surface area contributed by atoms with Crippen LogP contribution in [0.15, 0.2) is 30.6 Å². The minimum atomic E-state index is 0.406. The largest absolute Gasteiger partial charge is 0.262 e. The first-order valence-electron chi connectivity index (χ1n) is 4.97. The van der Waals surface area contributed by atoms with Crippen LogP contribution in [0.2, 0.25) is 15.2 Å². The van der Waals surface area contributed by atoms with Gasteiger partial charge in [-0.3, -0.25) is 9.38 Å². The van der Waals surface area contributed by atoms with Crippen molar-refractivity contribution in [3.63, 3.8) is 0 Å². The summed E-state index contributed by atoms with van der Waals surface area (Å²) >= 11 is 18.2. The smallest absolute Gasteiger partial charge is 0.180 e. The van der Waals surface area contributed by atoms with Crippen LogP contribution in [0.4, 0.5) is 0 Å². The van der Waals surface area contributed by atoms with E-state index in [9.17, 15) is 0 Å². The molecule has 0 bridgehead atoms. The zero-order valence-electron chi connectivity index (χ0n) is 8.81. The highest BCUT2D eigenvalue weighted by atomic mass is 35.5. The first-order chi connectivity index (χ1) is 8.68. The average molecular weight is 300 g/mol. The summed E-state index contributed by atoms with van der Waals surface area (Å²) < 4.78 is 1.66. The molecule has 1 aromatic carbocycles. The quantitative estimate of drug-likeness (QED) is 0.687. The minimum Gasteiger partial charge on any atom is -0.262 e. The van der Waals surface area contributed by atoms with Gasteiger partial charge in [-0.05, 0) is 12.1 Å². The number of nitrogens with zero attached hydrogens (tertiary/aromatic N) is 4. The number of benzene rings is 1. The Balaban J connectivity index is 2.36.